The Morgan fingerprint density at radius 2 is 2.32 bits per heavy atom. The quantitative estimate of drug-likeness (QED) is 0.734. The lowest BCUT2D eigenvalue weighted by Gasteiger charge is -2.36. The van der Waals surface area contributed by atoms with E-state index < -0.39 is 5.91 Å². The number of aliphatic hydroxyl groups excluding tert-OH is 1. The van der Waals surface area contributed by atoms with Crippen molar-refractivity contribution in [2.45, 2.75) is 31.7 Å². The Kier molecular flexibility index (Phi) is 4.21. The standard InChI is InChI=1S/C13H20N4O2/c14-11-8-16-12(7-10(11)13(15)19)17-5-2-1-3-9(17)4-6-18/h7-9,18H,1-6,14H2,(H2,15,19). The van der Waals surface area contributed by atoms with E-state index >= 15 is 0 Å². The van der Waals surface area contributed by atoms with E-state index in [-0.39, 0.29) is 12.6 Å². The topological polar surface area (TPSA) is 105 Å². The number of rotatable bonds is 4. The molecule has 5 N–H and O–H groups in total. The minimum Gasteiger partial charge on any atom is -0.397 e. The molecule has 1 aromatic heterocycles. The van der Waals surface area contributed by atoms with Crippen LogP contribution < -0.4 is 16.4 Å². The molecule has 0 radical (unpaired) electrons. The molecule has 1 fully saturated rings. The molecule has 1 aliphatic heterocycles. The molecule has 2 rings (SSSR count). The van der Waals surface area contributed by atoms with Crippen molar-refractivity contribution in [3.8, 4) is 0 Å². The molecule has 6 heteroatoms. The molecule has 0 aromatic carbocycles. The highest BCUT2D eigenvalue weighted by Crippen LogP contribution is 2.26. The second kappa shape index (κ2) is 5.88. The van der Waals surface area contributed by atoms with Gasteiger partial charge in [-0.2, -0.15) is 0 Å². The van der Waals surface area contributed by atoms with Gasteiger partial charge in [-0.25, -0.2) is 4.98 Å². The number of primary amides is 1. The monoisotopic (exact) mass is 264 g/mol. The van der Waals surface area contributed by atoms with Gasteiger partial charge in [0.1, 0.15) is 5.82 Å². The summed E-state index contributed by atoms with van der Waals surface area (Å²) in [4.78, 5) is 17.7. The van der Waals surface area contributed by atoms with Crippen LogP contribution in [-0.4, -0.2) is 35.2 Å². The van der Waals surface area contributed by atoms with Crippen LogP contribution in [0.3, 0.4) is 0 Å². The number of anilines is 2. The summed E-state index contributed by atoms with van der Waals surface area (Å²) in [6, 6.07) is 1.91. The number of carbonyl (C=O) groups excluding carboxylic acids is 1. The minimum atomic E-state index is -0.545. The SMILES string of the molecule is NC(=O)c1cc(N2CCCCC2CCO)ncc1N. The van der Waals surface area contributed by atoms with Gasteiger partial charge < -0.3 is 21.5 Å². The fourth-order valence-electron chi connectivity index (χ4n) is 2.58. The van der Waals surface area contributed by atoms with Crippen LogP contribution in [0, 0.1) is 0 Å². The van der Waals surface area contributed by atoms with Crippen LogP contribution in [0.25, 0.3) is 0 Å². The number of hydrogen-bond acceptors (Lipinski definition) is 5. The number of aliphatic hydroxyl groups is 1. The Bertz CT molecular complexity index is 462. The van der Waals surface area contributed by atoms with Crippen LogP contribution in [-0.2, 0) is 0 Å². The Morgan fingerprint density at radius 1 is 1.53 bits per heavy atom. The third kappa shape index (κ3) is 2.96. The van der Waals surface area contributed by atoms with E-state index in [2.05, 4.69) is 9.88 Å². The maximum absolute atomic E-state index is 11.3. The molecule has 0 bridgehead atoms. The summed E-state index contributed by atoms with van der Waals surface area (Å²) in [7, 11) is 0. The van der Waals surface area contributed by atoms with E-state index in [0.29, 0.717) is 23.5 Å². The van der Waals surface area contributed by atoms with Crippen LogP contribution in [0.2, 0.25) is 0 Å². The van der Waals surface area contributed by atoms with Gasteiger partial charge in [-0.3, -0.25) is 4.79 Å². The molecule has 104 valence electrons. The van der Waals surface area contributed by atoms with Crippen molar-refractivity contribution in [1.82, 2.24) is 4.98 Å². The Morgan fingerprint density at radius 3 is 3.00 bits per heavy atom. The first-order valence-electron chi connectivity index (χ1n) is 6.56. The van der Waals surface area contributed by atoms with Crippen LogP contribution >= 0.6 is 0 Å². The van der Waals surface area contributed by atoms with Crippen molar-refractivity contribution < 1.29 is 9.90 Å². The molecule has 6 nitrogen and oxygen atoms in total. The number of pyridine rings is 1. The lowest BCUT2D eigenvalue weighted by molar-refractivity contribution is 0.100. The van der Waals surface area contributed by atoms with E-state index in [1.165, 1.54) is 6.20 Å². The lowest BCUT2D eigenvalue weighted by atomic mass is 9.99. The van der Waals surface area contributed by atoms with Gasteiger partial charge in [0.05, 0.1) is 17.4 Å². The fourth-order valence-corrected chi connectivity index (χ4v) is 2.58. The zero-order valence-electron chi connectivity index (χ0n) is 10.9. The Labute approximate surface area is 112 Å². The van der Waals surface area contributed by atoms with Crippen molar-refractivity contribution in [2.24, 2.45) is 5.73 Å². The van der Waals surface area contributed by atoms with Crippen LogP contribution in [0.15, 0.2) is 12.3 Å². The highest BCUT2D eigenvalue weighted by atomic mass is 16.3. The number of nitrogen functional groups attached to an aromatic ring is 1. The average Bonchev–Trinajstić information content (AvgIpc) is 2.40. The third-order valence-corrected chi connectivity index (χ3v) is 3.57. The predicted molar refractivity (Wildman–Crippen MR) is 73.9 cm³/mol. The van der Waals surface area contributed by atoms with E-state index in [4.69, 9.17) is 16.6 Å². The number of hydrogen-bond donors (Lipinski definition) is 3. The predicted octanol–water partition coefficient (Wildman–Crippen LogP) is 0.504. The zero-order chi connectivity index (χ0) is 13.8. The van der Waals surface area contributed by atoms with Crippen molar-refractivity contribution in [2.75, 3.05) is 23.8 Å². The number of nitrogens with zero attached hydrogens (tertiary/aromatic N) is 2. The highest BCUT2D eigenvalue weighted by Gasteiger charge is 2.24. The summed E-state index contributed by atoms with van der Waals surface area (Å²) >= 11 is 0. The number of carbonyl (C=O) groups is 1. The van der Waals surface area contributed by atoms with E-state index in [9.17, 15) is 4.79 Å². The first kappa shape index (κ1) is 13.6. The number of nitrogens with two attached hydrogens (primary N) is 2. The molecule has 1 aromatic rings. The second-order valence-electron chi connectivity index (χ2n) is 4.85. The summed E-state index contributed by atoms with van der Waals surface area (Å²) in [6.07, 6.45) is 5.44. The van der Waals surface area contributed by atoms with Gasteiger partial charge in [0, 0.05) is 19.2 Å². The first-order chi connectivity index (χ1) is 9.13. The second-order valence-corrected chi connectivity index (χ2v) is 4.85. The summed E-state index contributed by atoms with van der Waals surface area (Å²) in [5.74, 6) is 0.165. The molecule has 0 spiro atoms. The zero-order valence-corrected chi connectivity index (χ0v) is 10.9. The van der Waals surface area contributed by atoms with Crippen molar-refractivity contribution in [1.29, 1.82) is 0 Å². The molecule has 1 aliphatic rings. The summed E-state index contributed by atoms with van der Waals surface area (Å²) in [6.45, 7) is 1.03. The van der Waals surface area contributed by atoms with E-state index in [1.807, 2.05) is 0 Å². The summed E-state index contributed by atoms with van der Waals surface area (Å²) in [5, 5.41) is 9.13. The van der Waals surface area contributed by atoms with Gasteiger partial charge >= 0.3 is 0 Å². The van der Waals surface area contributed by atoms with E-state index in [1.54, 1.807) is 6.07 Å². The molecule has 0 aliphatic carbocycles. The number of aromatic nitrogens is 1. The molecule has 1 unspecified atom stereocenters. The lowest BCUT2D eigenvalue weighted by Crippen LogP contribution is -2.40. The van der Waals surface area contributed by atoms with Crippen LogP contribution in [0.5, 0.6) is 0 Å². The molecule has 1 amide bonds. The molecule has 1 saturated heterocycles. The van der Waals surface area contributed by atoms with Crippen LogP contribution in [0.1, 0.15) is 36.0 Å². The van der Waals surface area contributed by atoms with Gasteiger partial charge in [-0.1, -0.05) is 0 Å². The smallest absolute Gasteiger partial charge is 0.250 e. The maximum Gasteiger partial charge on any atom is 0.250 e. The van der Waals surface area contributed by atoms with E-state index in [0.717, 1.165) is 25.8 Å². The number of amides is 1. The molecule has 0 saturated carbocycles. The maximum atomic E-state index is 11.3. The van der Waals surface area contributed by atoms with Crippen molar-refractivity contribution in [3.05, 3.63) is 17.8 Å². The molecular formula is C13H20N4O2. The largest absolute Gasteiger partial charge is 0.397 e. The summed E-state index contributed by atoms with van der Waals surface area (Å²) < 4.78 is 0. The van der Waals surface area contributed by atoms with Gasteiger partial charge in [0.15, 0.2) is 0 Å². The normalized spacial score (nSPS) is 19.4. The number of piperidine rings is 1. The molecule has 2 heterocycles. The van der Waals surface area contributed by atoms with Gasteiger partial charge in [-0.15, -0.1) is 0 Å². The first-order valence-corrected chi connectivity index (χ1v) is 6.56. The van der Waals surface area contributed by atoms with Gasteiger partial charge in [-0.05, 0) is 31.7 Å². The Hall–Kier alpha value is -1.82. The molecule has 19 heavy (non-hydrogen) atoms. The van der Waals surface area contributed by atoms with Crippen LogP contribution in [0.4, 0.5) is 11.5 Å². The van der Waals surface area contributed by atoms with Gasteiger partial charge in [0.2, 0.25) is 0 Å². The molecule has 1 atom stereocenters. The van der Waals surface area contributed by atoms with Gasteiger partial charge in [0.25, 0.3) is 5.91 Å². The van der Waals surface area contributed by atoms with Crippen molar-refractivity contribution >= 4 is 17.4 Å². The van der Waals surface area contributed by atoms with Crippen molar-refractivity contribution in [3.63, 3.8) is 0 Å². The average molecular weight is 264 g/mol. The molecular weight excluding hydrogens is 244 g/mol. The summed E-state index contributed by atoms with van der Waals surface area (Å²) in [5.41, 5.74) is 11.6. The third-order valence-electron chi connectivity index (χ3n) is 3.57. The fraction of sp³-hybridized carbons (Fsp3) is 0.538. The highest BCUT2D eigenvalue weighted by molar-refractivity contribution is 5.98. The minimum absolute atomic E-state index is 0.152. The Balaban J connectivity index is 2.28.